The Morgan fingerprint density at radius 3 is 1.09 bits per heavy atom. The molecule has 0 amide bonds. The number of rotatable bonds is 53. The Balaban J connectivity index is 4.14. The zero-order valence-electron chi connectivity index (χ0n) is 44.6. The molecule has 0 aliphatic rings. The molecule has 0 aliphatic heterocycles. The first-order chi connectivity index (χ1) is 32.1. The van der Waals surface area contributed by atoms with Crippen molar-refractivity contribution in [2.45, 2.75) is 302 Å². The molecule has 390 valence electrons. The standard InChI is InChI=1S/C58H111NO7/c1-6-8-10-12-14-16-18-20-22-24-26-28-30-32-34-36-38-40-42-44-46-48-56(60)65-53-54(52-64-51-50-55(58(62)63)59(3,4)5)66-57(61)49-47-45-43-41-39-37-35-33-31-29-27-25-23-21-19-17-15-13-11-9-7-2/h29,31,54-55H,6-28,30,32-53H2,1-5H3/b31-29+. The van der Waals surface area contributed by atoms with Gasteiger partial charge in [-0.25, -0.2) is 0 Å². The van der Waals surface area contributed by atoms with Gasteiger partial charge in [-0.1, -0.05) is 244 Å². The van der Waals surface area contributed by atoms with Crippen molar-refractivity contribution in [3.05, 3.63) is 12.2 Å². The van der Waals surface area contributed by atoms with Gasteiger partial charge in [-0.3, -0.25) is 9.59 Å². The number of likely N-dealkylation sites (N-methyl/N-ethyl adjacent to an activating group) is 1. The number of esters is 2. The number of carbonyl (C=O) groups excluding carboxylic acids is 3. The minimum atomic E-state index is -1.12. The van der Waals surface area contributed by atoms with Crippen molar-refractivity contribution in [2.75, 3.05) is 41.0 Å². The summed E-state index contributed by atoms with van der Waals surface area (Å²) in [4.78, 5) is 37.1. The maximum Gasteiger partial charge on any atom is 0.306 e. The Morgan fingerprint density at radius 2 is 0.758 bits per heavy atom. The van der Waals surface area contributed by atoms with Crippen molar-refractivity contribution in [1.82, 2.24) is 0 Å². The third-order valence-electron chi connectivity index (χ3n) is 13.4. The highest BCUT2D eigenvalue weighted by molar-refractivity contribution is 5.70. The summed E-state index contributed by atoms with van der Waals surface area (Å²) in [6.07, 6.45) is 56.8. The molecule has 0 aromatic rings. The summed E-state index contributed by atoms with van der Waals surface area (Å²) in [5.41, 5.74) is 0. The summed E-state index contributed by atoms with van der Waals surface area (Å²) < 4.78 is 17.3. The van der Waals surface area contributed by atoms with Crippen LogP contribution in [-0.4, -0.2) is 75.5 Å². The third kappa shape index (κ3) is 47.1. The Hall–Kier alpha value is -1.93. The van der Waals surface area contributed by atoms with Crippen LogP contribution in [0.1, 0.15) is 290 Å². The molecule has 0 saturated heterocycles. The van der Waals surface area contributed by atoms with Crippen LogP contribution >= 0.6 is 0 Å². The van der Waals surface area contributed by atoms with Crippen LogP contribution < -0.4 is 5.11 Å². The van der Waals surface area contributed by atoms with Gasteiger partial charge in [0.15, 0.2) is 6.10 Å². The molecule has 0 bridgehead atoms. The number of hydrogen-bond donors (Lipinski definition) is 0. The van der Waals surface area contributed by atoms with E-state index in [-0.39, 0.29) is 42.7 Å². The van der Waals surface area contributed by atoms with Crippen LogP contribution in [-0.2, 0) is 28.6 Å². The van der Waals surface area contributed by atoms with Crippen molar-refractivity contribution >= 4 is 17.9 Å². The van der Waals surface area contributed by atoms with Crippen LogP contribution in [0.3, 0.4) is 0 Å². The molecule has 0 heterocycles. The molecule has 66 heavy (non-hydrogen) atoms. The number of allylic oxidation sites excluding steroid dienone is 2. The van der Waals surface area contributed by atoms with Crippen molar-refractivity contribution in [1.29, 1.82) is 0 Å². The highest BCUT2D eigenvalue weighted by Crippen LogP contribution is 2.17. The Kier molecular flexibility index (Phi) is 48.0. The van der Waals surface area contributed by atoms with E-state index in [9.17, 15) is 19.5 Å². The fourth-order valence-electron chi connectivity index (χ4n) is 8.95. The van der Waals surface area contributed by atoms with Crippen molar-refractivity contribution in [2.24, 2.45) is 0 Å². The average molecular weight is 935 g/mol. The van der Waals surface area contributed by atoms with E-state index >= 15 is 0 Å². The van der Waals surface area contributed by atoms with E-state index in [4.69, 9.17) is 14.2 Å². The number of carboxylic acid groups (broad SMARTS) is 1. The molecule has 2 atom stereocenters. The smallest absolute Gasteiger partial charge is 0.306 e. The maximum absolute atomic E-state index is 12.8. The lowest BCUT2D eigenvalue weighted by Gasteiger charge is -2.34. The lowest BCUT2D eigenvalue weighted by Crippen LogP contribution is -2.55. The number of ether oxygens (including phenoxy) is 3. The zero-order valence-corrected chi connectivity index (χ0v) is 44.6. The van der Waals surface area contributed by atoms with Crippen LogP contribution in [0, 0.1) is 0 Å². The van der Waals surface area contributed by atoms with Crippen LogP contribution in [0.4, 0.5) is 0 Å². The van der Waals surface area contributed by atoms with Gasteiger partial charge in [-0.2, -0.15) is 0 Å². The molecule has 0 spiro atoms. The number of carbonyl (C=O) groups is 3. The summed E-state index contributed by atoms with van der Waals surface area (Å²) >= 11 is 0. The van der Waals surface area contributed by atoms with Crippen molar-refractivity contribution < 1.29 is 38.2 Å². The van der Waals surface area contributed by atoms with Gasteiger partial charge in [-0.05, 0) is 38.5 Å². The molecule has 0 aromatic carbocycles. The maximum atomic E-state index is 12.8. The van der Waals surface area contributed by atoms with Crippen LogP contribution in [0.25, 0.3) is 0 Å². The van der Waals surface area contributed by atoms with E-state index in [1.165, 1.54) is 218 Å². The van der Waals surface area contributed by atoms with E-state index in [2.05, 4.69) is 26.0 Å². The fourth-order valence-corrected chi connectivity index (χ4v) is 8.95. The number of unbranched alkanes of at least 4 members (excludes halogenated alkanes) is 37. The van der Waals surface area contributed by atoms with Gasteiger partial charge in [0.2, 0.25) is 0 Å². The zero-order chi connectivity index (χ0) is 48.4. The SMILES string of the molecule is CCCCCCCCCCCC/C=C/CCCCCCCCCC(=O)OC(COCCC(C(=O)[O-])[N+](C)(C)C)COC(=O)CCCCCCCCCCCCCCCCCCCCCCC. The summed E-state index contributed by atoms with van der Waals surface area (Å²) in [5, 5.41) is 11.7. The Morgan fingerprint density at radius 1 is 0.439 bits per heavy atom. The lowest BCUT2D eigenvalue weighted by atomic mass is 10.0. The van der Waals surface area contributed by atoms with E-state index in [1.54, 1.807) is 0 Å². The molecular weight excluding hydrogens is 823 g/mol. The molecule has 2 unspecified atom stereocenters. The first kappa shape index (κ1) is 64.1. The summed E-state index contributed by atoms with van der Waals surface area (Å²) in [7, 11) is 5.43. The second-order valence-corrected chi connectivity index (χ2v) is 20.9. The molecular formula is C58H111NO7. The first-order valence-corrected chi connectivity index (χ1v) is 28.7. The first-order valence-electron chi connectivity index (χ1n) is 28.7. The van der Waals surface area contributed by atoms with E-state index < -0.39 is 18.1 Å². The number of quaternary nitrogens is 1. The van der Waals surface area contributed by atoms with Gasteiger partial charge in [0, 0.05) is 19.3 Å². The molecule has 0 N–H and O–H groups in total. The average Bonchev–Trinajstić information content (AvgIpc) is 3.28. The molecule has 8 nitrogen and oxygen atoms in total. The normalized spacial score (nSPS) is 12.8. The van der Waals surface area contributed by atoms with Gasteiger partial charge in [-0.15, -0.1) is 0 Å². The van der Waals surface area contributed by atoms with Gasteiger partial charge < -0.3 is 28.6 Å². The summed E-state index contributed by atoms with van der Waals surface area (Å²) in [5.74, 6) is -1.71. The minimum absolute atomic E-state index is 0.0454. The quantitative estimate of drug-likeness (QED) is 0.0259. The largest absolute Gasteiger partial charge is 0.544 e. The third-order valence-corrected chi connectivity index (χ3v) is 13.4. The molecule has 0 radical (unpaired) electrons. The molecule has 0 fully saturated rings. The van der Waals surface area contributed by atoms with Gasteiger partial charge in [0.05, 0.1) is 40.3 Å². The van der Waals surface area contributed by atoms with Crippen molar-refractivity contribution in [3.63, 3.8) is 0 Å². The van der Waals surface area contributed by atoms with Gasteiger partial charge >= 0.3 is 11.9 Å². The van der Waals surface area contributed by atoms with E-state index in [0.29, 0.717) is 12.8 Å². The highest BCUT2D eigenvalue weighted by Gasteiger charge is 2.25. The number of hydrogen-bond acceptors (Lipinski definition) is 7. The van der Waals surface area contributed by atoms with Crippen molar-refractivity contribution in [3.8, 4) is 0 Å². The van der Waals surface area contributed by atoms with Crippen LogP contribution in [0.15, 0.2) is 12.2 Å². The predicted octanol–water partition coefficient (Wildman–Crippen LogP) is 15.7. The highest BCUT2D eigenvalue weighted by atomic mass is 16.6. The Labute approximate surface area is 409 Å². The van der Waals surface area contributed by atoms with E-state index in [1.807, 2.05) is 21.1 Å². The molecule has 0 saturated carbocycles. The van der Waals surface area contributed by atoms with Crippen LogP contribution in [0.5, 0.6) is 0 Å². The second-order valence-electron chi connectivity index (χ2n) is 20.9. The van der Waals surface area contributed by atoms with E-state index in [0.717, 1.165) is 38.5 Å². The van der Waals surface area contributed by atoms with Gasteiger partial charge in [0.1, 0.15) is 12.6 Å². The van der Waals surface area contributed by atoms with Gasteiger partial charge in [0.25, 0.3) is 0 Å². The lowest BCUT2D eigenvalue weighted by molar-refractivity contribution is -0.889. The number of nitrogens with zero attached hydrogens (tertiary/aromatic N) is 1. The number of carboxylic acids is 1. The minimum Gasteiger partial charge on any atom is -0.544 e. The van der Waals surface area contributed by atoms with Crippen LogP contribution in [0.2, 0.25) is 0 Å². The monoisotopic (exact) mass is 934 g/mol. The summed E-state index contributed by atoms with van der Waals surface area (Å²) in [6.45, 7) is 4.72. The topological polar surface area (TPSA) is 102 Å². The molecule has 8 heteroatoms. The Bertz CT molecular complexity index is 1090. The molecule has 0 aromatic heterocycles. The fraction of sp³-hybridized carbons (Fsp3) is 0.914. The number of aliphatic carboxylic acids is 1. The molecule has 0 rings (SSSR count). The predicted molar refractivity (Wildman–Crippen MR) is 278 cm³/mol. The second kappa shape index (κ2) is 49.5. The molecule has 0 aliphatic carbocycles. The summed E-state index contributed by atoms with van der Waals surface area (Å²) in [6, 6.07) is -0.723.